The standard InChI is InChI=1S/C19H20N2OS2/c1-4-9-21-16-12-13(2)11-14(3)18(16)24-19(21)20-17(22)8-7-15-6-5-10-23-15/h5-8,10-12H,4,9H2,1-3H3. The molecule has 1 aromatic carbocycles. The monoisotopic (exact) mass is 356 g/mol. The summed E-state index contributed by atoms with van der Waals surface area (Å²) in [5, 5.41) is 1.99. The molecule has 3 rings (SSSR count). The van der Waals surface area contributed by atoms with Crippen molar-refractivity contribution in [2.24, 2.45) is 4.99 Å². The first-order chi connectivity index (χ1) is 11.6. The summed E-state index contributed by atoms with van der Waals surface area (Å²) in [6, 6.07) is 8.31. The Balaban J connectivity index is 2.05. The van der Waals surface area contributed by atoms with Gasteiger partial charge < -0.3 is 4.57 Å². The van der Waals surface area contributed by atoms with Crippen LogP contribution in [0.2, 0.25) is 0 Å². The zero-order chi connectivity index (χ0) is 17.1. The zero-order valence-corrected chi connectivity index (χ0v) is 15.7. The van der Waals surface area contributed by atoms with Gasteiger partial charge in [-0.1, -0.05) is 30.4 Å². The summed E-state index contributed by atoms with van der Waals surface area (Å²) in [6.07, 6.45) is 4.37. The smallest absolute Gasteiger partial charge is 0.272 e. The molecule has 0 spiro atoms. The normalized spacial score (nSPS) is 12.5. The van der Waals surface area contributed by atoms with E-state index >= 15 is 0 Å². The molecule has 2 aromatic heterocycles. The van der Waals surface area contributed by atoms with E-state index in [0.29, 0.717) is 0 Å². The molecule has 0 aliphatic heterocycles. The van der Waals surface area contributed by atoms with Crippen LogP contribution in [-0.4, -0.2) is 10.5 Å². The van der Waals surface area contributed by atoms with Gasteiger partial charge >= 0.3 is 0 Å². The molecule has 124 valence electrons. The summed E-state index contributed by atoms with van der Waals surface area (Å²) in [5.74, 6) is -0.214. The van der Waals surface area contributed by atoms with Crippen LogP contribution in [0.4, 0.5) is 0 Å². The summed E-state index contributed by atoms with van der Waals surface area (Å²) in [5.41, 5.74) is 3.65. The molecule has 0 N–H and O–H groups in total. The third kappa shape index (κ3) is 3.57. The Morgan fingerprint density at radius 3 is 2.88 bits per heavy atom. The van der Waals surface area contributed by atoms with Crippen LogP contribution in [0.3, 0.4) is 0 Å². The number of hydrogen-bond donors (Lipinski definition) is 0. The van der Waals surface area contributed by atoms with Gasteiger partial charge in [-0.2, -0.15) is 4.99 Å². The highest BCUT2D eigenvalue weighted by Gasteiger charge is 2.09. The molecule has 3 aromatic rings. The van der Waals surface area contributed by atoms with Crippen LogP contribution < -0.4 is 4.80 Å². The molecule has 2 heterocycles. The van der Waals surface area contributed by atoms with E-state index in [9.17, 15) is 4.79 Å². The number of carbonyl (C=O) groups is 1. The summed E-state index contributed by atoms with van der Waals surface area (Å²) in [4.78, 5) is 18.4. The van der Waals surface area contributed by atoms with Crippen LogP contribution in [0.25, 0.3) is 16.3 Å². The highest BCUT2D eigenvalue weighted by molar-refractivity contribution is 7.16. The van der Waals surface area contributed by atoms with Crippen molar-refractivity contribution in [2.75, 3.05) is 0 Å². The Labute approximate surface area is 149 Å². The number of rotatable bonds is 4. The average Bonchev–Trinajstić information content (AvgIpc) is 3.15. The van der Waals surface area contributed by atoms with Crippen molar-refractivity contribution in [1.82, 2.24) is 4.57 Å². The number of aryl methyl sites for hydroxylation is 3. The molecule has 0 saturated heterocycles. The molecule has 0 fully saturated rings. The number of hydrogen-bond acceptors (Lipinski definition) is 3. The van der Waals surface area contributed by atoms with Crippen molar-refractivity contribution in [3.8, 4) is 0 Å². The minimum atomic E-state index is -0.214. The molecule has 1 amide bonds. The molecule has 0 unspecified atom stereocenters. The summed E-state index contributed by atoms with van der Waals surface area (Å²) >= 11 is 3.20. The second-order valence-electron chi connectivity index (χ2n) is 5.77. The number of carbonyl (C=O) groups excluding carboxylic acids is 1. The maximum atomic E-state index is 12.2. The lowest BCUT2D eigenvalue weighted by molar-refractivity contribution is -0.113. The van der Waals surface area contributed by atoms with Crippen molar-refractivity contribution in [1.29, 1.82) is 0 Å². The fourth-order valence-corrected chi connectivity index (χ4v) is 4.44. The molecule has 0 saturated carbocycles. The fraction of sp³-hybridized carbons (Fsp3) is 0.263. The lowest BCUT2D eigenvalue weighted by Crippen LogP contribution is -2.16. The van der Waals surface area contributed by atoms with Crippen LogP contribution in [0, 0.1) is 13.8 Å². The van der Waals surface area contributed by atoms with Gasteiger partial charge in [-0.3, -0.25) is 4.79 Å². The van der Waals surface area contributed by atoms with Gasteiger partial charge in [-0.25, -0.2) is 0 Å². The number of fused-ring (bicyclic) bond motifs is 1. The zero-order valence-electron chi connectivity index (χ0n) is 14.1. The van der Waals surface area contributed by atoms with E-state index in [2.05, 4.69) is 42.5 Å². The van der Waals surface area contributed by atoms with Gasteiger partial charge in [0, 0.05) is 17.5 Å². The number of benzene rings is 1. The maximum absolute atomic E-state index is 12.2. The number of nitrogens with zero attached hydrogens (tertiary/aromatic N) is 2. The molecular weight excluding hydrogens is 336 g/mol. The molecule has 5 heteroatoms. The molecule has 0 bridgehead atoms. The van der Waals surface area contributed by atoms with Crippen LogP contribution in [0.1, 0.15) is 29.3 Å². The number of thiophene rings is 1. The highest BCUT2D eigenvalue weighted by atomic mass is 32.1. The minimum absolute atomic E-state index is 0.214. The largest absolute Gasteiger partial charge is 0.316 e. The third-order valence-corrected chi connectivity index (χ3v) is 5.77. The van der Waals surface area contributed by atoms with Crippen molar-refractivity contribution in [2.45, 2.75) is 33.7 Å². The van der Waals surface area contributed by atoms with Gasteiger partial charge in [0.15, 0.2) is 4.80 Å². The lowest BCUT2D eigenvalue weighted by atomic mass is 10.1. The van der Waals surface area contributed by atoms with Crippen molar-refractivity contribution < 1.29 is 4.79 Å². The van der Waals surface area contributed by atoms with Crippen molar-refractivity contribution in [3.05, 3.63) is 56.5 Å². The van der Waals surface area contributed by atoms with E-state index in [-0.39, 0.29) is 5.91 Å². The molecule has 3 nitrogen and oxygen atoms in total. The van der Waals surface area contributed by atoms with Gasteiger partial charge in [0.2, 0.25) is 0 Å². The Bertz CT molecular complexity index is 959. The van der Waals surface area contributed by atoms with E-state index in [4.69, 9.17) is 0 Å². The van der Waals surface area contributed by atoms with Crippen LogP contribution in [0.15, 0.2) is 40.7 Å². The van der Waals surface area contributed by atoms with Gasteiger partial charge in [-0.05, 0) is 55.0 Å². The minimum Gasteiger partial charge on any atom is -0.316 e. The van der Waals surface area contributed by atoms with Crippen molar-refractivity contribution >= 4 is 44.9 Å². The second-order valence-corrected chi connectivity index (χ2v) is 7.72. The van der Waals surface area contributed by atoms with Gasteiger partial charge in [0.1, 0.15) is 0 Å². The summed E-state index contributed by atoms with van der Waals surface area (Å²) < 4.78 is 3.37. The first kappa shape index (κ1) is 16.9. The van der Waals surface area contributed by atoms with Crippen LogP contribution in [-0.2, 0) is 11.3 Å². The van der Waals surface area contributed by atoms with Gasteiger partial charge in [0.05, 0.1) is 10.2 Å². The van der Waals surface area contributed by atoms with E-state index in [1.807, 2.05) is 23.6 Å². The lowest BCUT2D eigenvalue weighted by Gasteiger charge is -2.04. The first-order valence-electron chi connectivity index (χ1n) is 7.99. The summed E-state index contributed by atoms with van der Waals surface area (Å²) in [7, 11) is 0. The van der Waals surface area contributed by atoms with E-state index in [0.717, 1.165) is 22.6 Å². The molecule has 0 radical (unpaired) electrons. The van der Waals surface area contributed by atoms with Crippen LogP contribution in [0.5, 0.6) is 0 Å². The van der Waals surface area contributed by atoms with Crippen molar-refractivity contribution in [3.63, 3.8) is 0 Å². The van der Waals surface area contributed by atoms with E-state index < -0.39 is 0 Å². The molecule has 0 aliphatic rings. The number of thiazole rings is 1. The average molecular weight is 357 g/mol. The maximum Gasteiger partial charge on any atom is 0.272 e. The Morgan fingerprint density at radius 2 is 2.17 bits per heavy atom. The Kier molecular flexibility index (Phi) is 5.11. The predicted octanol–water partition coefficient (Wildman–Crippen LogP) is 4.93. The quantitative estimate of drug-likeness (QED) is 0.610. The SMILES string of the molecule is CCCn1c(=NC(=O)C=Cc2cccs2)sc2c(C)cc(C)cc21. The molecule has 24 heavy (non-hydrogen) atoms. The second kappa shape index (κ2) is 7.28. The molecular formula is C19H20N2OS2. The first-order valence-corrected chi connectivity index (χ1v) is 9.69. The third-order valence-electron chi connectivity index (χ3n) is 3.70. The fourth-order valence-electron chi connectivity index (χ4n) is 2.71. The van der Waals surface area contributed by atoms with Crippen LogP contribution >= 0.6 is 22.7 Å². The molecule has 0 aliphatic carbocycles. The van der Waals surface area contributed by atoms with E-state index in [1.54, 1.807) is 28.7 Å². The predicted molar refractivity (Wildman–Crippen MR) is 104 cm³/mol. The summed E-state index contributed by atoms with van der Waals surface area (Å²) in [6.45, 7) is 7.22. The van der Waals surface area contributed by atoms with Gasteiger partial charge in [-0.15, -0.1) is 11.3 Å². The van der Waals surface area contributed by atoms with Gasteiger partial charge in [0.25, 0.3) is 5.91 Å². The Morgan fingerprint density at radius 1 is 1.33 bits per heavy atom. The molecule has 0 atom stereocenters. The Hall–Kier alpha value is -1.98. The highest BCUT2D eigenvalue weighted by Crippen LogP contribution is 2.23. The number of aromatic nitrogens is 1. The number of amides is 1. The van der Waals surface area contributed by atoms with E-state index in [1.165, 1.54) is 21.3 Å². The topological polar surface area (TPSA) is 34.4 Å².